The molecule has 0 saturated carbocycles. The zero-order valence-electron chi connectivity index (χ0n) is 22.8. The van der Waals surface area contributed by atoms with Crippen LogP contribution in [0.3, 0.4) is 0 Å². The van der Waals surface area contributed by atoms with E-state index in [1.54, 1.807) is 30.8 Å². The lowest BCUT2D eigenvalue weighted by Crippen LogP contribution is -2.50. The third-order valence-electron chi connectivity index (χ3n) is 7.17. The van der Waals surface area contributed by atoms with Gasteiger partial charge in [0.25, 0.3) is 0 Å². The van der Waals surface area contributed by atoms with Crippen molar-refractivity contribution in [2.24, 2.45) is 4.99 Å². The number of fused-ring (bicyclic) bond motifs is 1. The van der Waals surface area contributed by atoms with E-state index in [-0.39, 0.29) is 24.8 Å². The standard InChI is InChI=1S/C30H32N4O5S/c1-4-39-29(37)26-27(21-9-6-5-7-10-21)31-30-34(28(26)22-11-8-12-24(17-22)38-3)23(19-40-30)18-25(36)33-15-13-32(14-16-33)20(2)35/h5-12,17,19,28H,4,13-16,18H2,1-3H3. The number of ether oxygens (including phenoxy) is 2. The second-order valence-corrected chi connectivity index (χ2v) is 10.4. The average molecular weight is 561 g/mol. The molecule has 5 rings (SSSR count). The highest BCUT2D eigenvalue weighted by Crippen LogP contribution is 2.47. The number of nitrogens with zero attached hydrogens (tertiary/aromatic N) is 4. The summed E-state index contributed by atoms with van der Waals surface area (Å²) in [7, 11) is 1.60. The molecule has 10 heteroatoms. The highest BCUT2D eigenvalue weighted by Gasteiger charge is 2.42. The number of esters is 1. The number of thioether (sulfide) groups is 1. The molecule has 208 valence electrons. The first-order valence-corrected chi connectivity index (χ1v) is 14.2. The molecule has 40 heavy (non-hydrogen) atoms. The Labute approximate surface area is 238 Å². The molecule has 9 nitrogen and oxygen atoms in total. The lowest BCUT2D eigenvalue weighted by atomic mass is 9.91. The molecule has 0 aliphatic carbocycles. The molecule has 3 aliphatic heterocycles. The lowest BCUT2D eigenvalue weighted by molar-refractivity contribution is -0.139. The normalized spacial score (nSPS) is 18.7. The molecule has 3 heterocycles. The summed E-state index contributed by atoms with van der Waals surface area (Å²) < 4.78 is 11.1. The van der Waals surface area contributed by atoms with Crippen LogP contribution in [0.4, 0.5) is 0 Å². The molecule has 2 aromatic rings. The smallest absolute Gasteiger partial charge is 0.338 e. The summed E-state index contributed by atoms with van der Waals surface area (Å²) >= 11 is 1.43. The first kappa shape index (κ1) is 27.5. The summed E-state index contributed by atoms with van der Waals surface area (Å²) in [6.07, 6.45) is 0.142. The zero-order valence-corrected chi connectivity index (χ0v) is 23.6. The SMILES string of the molecule is CCOC(=O)C1=C(c2ccccc2)N=C2SC=C(CC(=O)N3CCN(C(C)=O)CC3)N2C1c1cccc(OC)c1. The molecule has 3 aliphatic rings. The number of rotatable bonds is 7. The van der Waals surface area contributed by atoms with Crippen LogP contribution in [-0.2, 0) is 19.1 Å². The predicted octanol–water partition coefficient (Wildman–Crippen LogP) is 4.05. The minimum atomic E-state index is -0.583. The van der Waals surface area contributed by atoms with E-state index < -0.39 is 12.0 Å². The van der Waals surface area contributed by atoms with Gasteiger partial charge in [-0.25, -0.2) is 9.79 Å². The van der Waals surface area contributed by atoms with Crippen LogP contribution in [0, 0.1) is 0 Å². The number of amidine groups is 1. The fourth-order valence-electron chi connectivity index (χ4n) is 5.15. The van der Waals surface area contributed by atoms with Gasteiger partial charge in [-0.05, 0) is 30.0 Å². The first-order chi connectivity index (χ1) is 19.4. The van der Waals surface area contributed by atoms with E-state index in [1.807, 2.05) is 64.9 Å². The summed E-state index contributed by atoms with van der Waals surface area (Å²) in [6, 6.07) is 16.6. The van der Waals surface area contributed by atoms with Crippen molar-refractivity contribution in [1.82, 2.24) is 14.7 Å². The van der Waals surface area contributed by atoms with Gasteiger partial charge < -0.3 is 24.2 Å². The molecule has 1 atom stereocenters. The van der Waals surface area contributed by atoms with Crippen molar-refractivity contribution >= 4 is 40.4 Å². The van der Waals surface area contributed by atoms with Crippen LogP contribution in [0.25, 0.3) is 5.70 Å². The molecule has 1 fully saturated rings. The van der Waals surface area contributed by atoms with Gasteiger partial charge in [0, 0.05) is 44.4 Å². The summed E-state index contributed by atoms with van der Waals surface area (Å²) in [5, 5.41) is 2.62. The van der Waals surface area contributed by atoms with E-state index >= 15 is 0 Å². The van der Waals surface area contributed by atoms with Gasteiger partial charge in [0.05, 0.1) is 37.4 Å². The van der Waals surface area contributed by atoms with Crippen LogP contribution in [-0.4, -0.2) is 77.5 Å². The maximum Gasteiger partial charge on any atom is 0.338 e. The molecule has 2 aromatic carbocycles. The number of piperazine rings is 1. The number of aliphatic imine (C=N–C) groups is 1. The molecule has 0 bridgehead atoms. The van der Waals surface area contributed by atoms with Crippen molar-refractivity contribution in [2.75, 3.05) is 39.9 Å². The van der Waals surface area contributed by atoms with E-state index in [2.05, 4.69) is 0 Å². The monoisotopic (exact) mass is 560 g/mol. The molecular weight excluding hydrogens is 528 g/mol. The van der Waals surface area contributed by atoms with Crippen molar-refractivity contribution in [3.05, 3.63) is 82.4 Å². The number of benzene rings is 2. The third-order valence-corrected chi connectivity index (χ3v) is 8.06. The van der Waals surface area contributed by atoms with E-state index in [1.165, 1.54) is 11.8 Å². The minimum Gasteiger partial charge on any atom is -0.497 e. The minimum absolute atomic E-state index is 0.0183. The predicted molar refractivity (Wildman–Crippen MR) is 154 cm³/mol. The van der Waals surface area contributed by atoms with Crippen LogP contribution in [0.2, 0.25) is 0 Å². The summed E-state index contributed by atoms with van der Waals surface area (Å²) in [5.74, 6) is 0.184. The molecule has 1 saturated heterocycles. The fraction of sp³-hybridized carbons (Fsp3) is 0.333. The fourth-order valence-corrected chi connectivity index (χ4v) is 6.07. The van der Waals surface area contributed by atoms with Crippen LogP contribution >= 0.6 is 11.8 Å². The van der Waals surface area contributed by atoms with Crippen molar-refractivity contribution in [3.8, 4) is 5.75 Å². The Morgan fingerprint density at radius 1 is 1.00 bits per heavy atom. The van der Waals surface area contributed by atoms with Crippen molar-refractivity contribution < 1.29 is 23.9 Å². The third kappa shape index (κ3) is 5.49. The van der Waals surface area contributed by atoms with E-state index in [0.29, 0.717) is 48.4 Å². The molecule has 0 N–H and O–H groups in total. The molecule has 0 radical (unpaired) electrons. The molecule has 2 amide bonds. The largest absolute Gasteiger partial charge is 0.497 e. The van der Waals surface area contributed by atoms with Gasteiger partial charge in [-0.15, -0.1) is 0 Å². The Bertz CT molecular complexity index is 1400. The van der Waals surface area contributed by atoms with E-state index in [9.17, 15) is 14.4 Å². The Morgan fingerprint density at radius 2 is 1.73 bits per heavy atom. The van der Waals surface area contributed by atoms with Gasteiger partial charge in [-0.3, -0.25) is 9.59 Å². The Hall–Kier alpha value is -4.05. The summed E-state index contributed by atoms with van der Waals surface area (Å²) in [4.78, 5) is 49.3. The average Bonchev–Trinajstić information content (AvgIpc) is 3.38. The van der Waals surface area contributed by atoms with Gasteiger partial charge in [0.15, 0.2) is 5.17 Å². The van der Waals surface area contributed by atoms with Crippen molar-refractivity contribution in [1.29, 1.82) is 0 Å². The summed E-state index contributed by atoms with van der Waals surface area (Å²) in [5.41, 5.74) is 3.33. The molecule has 1 unspecified atom stereocenters. The van der Waals surface area contributed by atoms with Gasteiger partial charge in [-0.2, -0.15) is 0 Å². The summed E-state index contributed by atoms with van der Waals surface area (Å²) in [6.45, 7) is 5.57. The highest BCUT2D eigenvalue weighted by molar-refractivity contribution is 8.16. The number of carbonyl (C=O) groups is 3. The first-order valence-electron chi connectivity index (χ1n) is 13.3. The van der Waals surface area contributed by atoms with Gasteiger partial charge >= 0.3 is 5.97 Å². The van der Waals surface area contributed by atoms with Crippen LogP contribution in [0.5, 0.6) is 5.75 Å². The second-order valence-electron chi connectivity index (χ2n) is 9.58. The molecular formula is C30H32N4O5S. The number of amides is 2. The van der Waals surface area contributed by atoms with Crippen LogP contribution in [0.15, 0.2) is 76.3 Å². The van der Waals surface area contributed by atoms with Crippen LogP contribution in [0.1, 0.15) is 37.4 Å². The van der Waals surface area contributed by atoms with Gasteiger partial charge in [-0.1, -0.05) is 54.2 Å². The lowest BCUT2D eigenvalue weighted by Gasteiger charge is -2.38. The molecule has 0 aromatic heterocycles. The molecule has 0 spiro atoms. The van der Waals surface area contributed by atoms with Crippen molar-refractivity contribution in [2.45, 2.75) is 26.3 Å². The highest BCUT2D eigenvalue weighted by atomic mass is 32.2. The van der Waals surface area contributed by atoms with Gasteiger partial charge in [0.2, 0.25) is 11.8 Å². The number of hydrogen-bond donors (Lipinski definition) is 0. The van der Waals surface area contributed by atoms with Crippen molar-refractivity contribution in [3.63, 3.8) is 0 Å². The van der Waals surface area contributed by atoms with E-state index in [4.69, 9.17) is 14.5 Å². The number of hydrogen-bond acceptors (Lipinski definition) is 8. The quantitative estimate of drug-likeness (QED) is 0.472. The zero-order chi connectivity index (χ0) is 28.2. The number of carbonyl (C=O) groups excluding carboxylic acids is 3. The Balaban J connectivity index is 1.54. The topological polar surface area (TPSA) is 91.8 Å². The van der Waals surface area contributed by atoms with Gasteiger partial charge in [0.1, 0.15) is 5.75 Å². The number of methoxy groups -OCH3 is 1. The Morgan fingerprint density at radius 3 is 2.40 bits per heavy atom. The Kier molecular flexibility index (Phi) is 8.25. The van der Waals surface area contributed by atoms with E-state index in [0.717, 1.165) is 16.8 Å². The maximum absolute atomic E-state index is 13.6. The maximum atomic E-state index is 13.6. The van der Waals surface area contributed by atoms with Crippen LogP contribution < -0.4 is 4.74 Å². The second kappa shape index (κ2) is 12.0.